The zero-order chi connectivity index (χ0) is 38.6. The first-order chi connectivity index (χ1) is 28.6. The fourth-order valence-corrected chi connectivity index (χ4v) is 10.8. The average molecular weight is 776 g/mol. The second kappa shape index (κ2) is 14.3. The molecule has 0 atom stereocenters. The van der Waals surface area contributed by atoms with Gasteiger partial charge in [-0.2, -0.15) is 0 Å². The van der Waals surface area contributed by atoms with Gasteiger partial charge in [0.1, 0.15) is 0 Å². The van der Waals surface area contributed by atoms with Crippen LogP contribution in [0.25, 0.3) is 84.9 Å². The summed E-state index contributed by atoms with van der Waals surface area (Å²) in [5.41, 5.74) is 14.7. The Morgan fingerprint density at radius 2 is 0.862 bits per heavy atom. The summed E-state index contributed by atoms with van der Waals surface area (Å²) in [5, 5.41) is 5.20. The van der Waals surface area contributed by atoms with Crippen LogP contribution in [0.3, 0.4) is 0 Å². The number of aryl methyl sites for hydroxylation is 1. The molecule has 2 heterocycles. The Morgan fingerprint density at radius 3 is 1.64 bits per heavy atom. The van der Waals surface area contributed by atoms with E-state index in [1.54, 1.807) is 0 Å². The second-order valence-electron chi connectivity index (χ2n) is 15.0. The van der Waals surface area contributed by atoms with Crippen molar-refractivity contribution in [2.24, 2.45) is 0 Å². The minimum Gasteiger partial charge on any atom is -0.310 e. The third-order valence-electron chi connectivity index (χ3n) is 11.4. The number of hydrogen-bond donors (Lipinski definition) is 0. The quantitative estimate of drug-likeness (QED) is 0.156. The first kappa shape index (κ1) is 34.5. The lowest BCUT2D eigenvalue weighted by Gasteiger charge is -2.26. The third kappa shape index (κ3) is 6.08. The average Bonchev–Trinajstić information content (AvgIpc) is 3.85. The van der Waals surface area contributed by atoms with Crippen molar-refractivity contribution in [2.45, 2.75) is 6.92 Å². The Hall–Kier alpha value is -6.78. The van der Waals surface area contributed by atoms with Gasteiger partial charge in [-0.3, -0.25) is 0 Å². The SMILES string of the molecule is Cc1ccccc1-c1ccc(-c2cccc3c2sc2cc(-c4ccc5sc6ccc(N(c7ccccc7)c7ccc(-c8ccccc8)cc7)cc6c5c4)ccc23)cc1. The largest absolute Gasteiger partial charge is 0.310 e. The summed E-state index contributed by atoms with van der Waals surface area (Å²) < 4.78 is 5.24. The predicted octanol–water partition coefficient (Wildman–Crippen LogP) is 16.9. The molecule has 9 aromatic carbocycles. The van der Waals surface area contributed by atoms with E-state index in [2.05, 4.69) is 218 Å². The van der Waals surface area contributed by atoms with Crippen molar-refractivity contribution in [1.29, 1.82) is 0 Å². The molecule has 0 fully saturated rings. The summed E-state index contributed by atoms with van der Waals surface area (Å²) in [7, 11) is 0. The Balaban J connectivity index is 0.962. The van der Waals surface area contributed by atoms with Gasteiger partial charge in [-0.05, 0) is 118 Å². The van der Waals surface area contributed by atoms with Gasteiger partial charge in [0, 0.05) is 57.4 Å². The van der Waals surface area contributed by atoms with E-state index in [0.717, 1.165) is 17.1 Å². The van der Waals surface area contributed by atoms with E-state index in [-0.39, 0.29) is 0 Å². The van der Waals surface area contributed by atoms with Crippen LogP contribution in [-0.4, -0.2) is 0 Å². The molecule has 274 valence electrons. The van der Waals surface area contributed by atoms with Crippen LogP contribution in [-0.2, 0) is 0 Å². The molecule has 11 rings (SSSR count). The minimum atomic E-state index is 1.13. The Labute approximate surface area is 346 Å². The van der Waals surface area contributed by atoms with Gasteiger partial charge in [-0.1, -0.05) is 146 Å². The van der Waals surface area contributed by atoms with Crippen LogP contribution in [0.15, 0.2) is 206 Å². The number of benzene rings is 9. The van der Waals surface area contributed by atoms with E-state index >= 15 is 0 Å². The van der Waals surface area contributed by atoms with E-state index in [4.69, 9.17) is 0 Å². The lowest BCUT2D eigenvalue weighted by atomic mass is 9.97. The minimum absolute atomic E-state index is 1.13. The number of nitrogens with zero attached hydrogens (tertiary/aromatic N) is 1. The molecule has 0 amide bonds. The van der Waals surface area contributed by atoms with Gasteiger partial charge >= 0.3 is 0 Å². The van der Waals surface area contributed by atoms with Crippen LogP contribution in [0, 0.1) is 6.92 Å². The van der Waals surface area contributed by atoms with Crippen molar-refractivity contribution in [1.82, 2.24) is 0 Å². The zero-order valence-corrected chi connectivity index (χ0v) is 33.5. The van der Waals surface area contributed by atoms with E-state index < -0.39 is 0 Å². The monoisotopic (exact) mass is 775 g/mol. The first-order valence-electron chi connectivity index (χ1n) is 19.7. The maximum absolute atomic E-state index is 2.40. The highest BCUT2D eigenvalue weighted by molar-refractivity contribution is 7.26. The summed E-state index contributed by atoms with van der Waals surface area (Å²) in [6.45, 7) is 2.18. The smallest absolute Gasteiger partial charge is 0.0468 e. The molecule has 0 saturated heterocycles. The normalized spacial score (nSPS) is 11.5. The maximum atomic E-state index is 2.40. The van der Waals surface area contributed by atoms with Gasteiger partial charge in [-0.25, -0.2) is 0 Å². The molecule has 11 aromatic rings. The summed E-state index contributed by atoms with van der Waals surface area (Å²) in [6.07, 6.45) is 0. The highest BCUT2D eigenvalue weighted by atomic mass is 32.1. The number of para-hydroxylation sites is 1. The van der Waals surface area contributed by atoms with E-state index in [1.807, 2.05) is 22.7 Å². The van der Waals surface area contributed by atoms with Gasteiger partial charge in [0.2, 0.25) is 0 Å². The van der Waals surface area contributed by atoms with Gasteiger partial charge in [0.05, 0.1) is 0 Å². The number of hydrogen-bond acceptors (Lipinski definition) is 3. The van der Waals surface area contributed by atoms with E-state index in [9.17, 15) is 0 Å². The molecule has 1 nitrogen and oxygen atoms in total. The highest BCUT2D eigenvalue weighted by Crippen LogP contribution is 2.44. The van der Waals surface area contributed by atoms with Crippen molar-refractivity contribution >= 4 is 80.1 Å². The highest BCUT2D eigenvalue weighted by Gasteiger charge is 2.17. The van der Waals surface area contributed by atoms with Gasteiger partial charge in [0.25, 0.3) is 0 Å². The molecule has 0 aliphatic rings. The van der Waals surface area contributed by atoms with E-state index in [0.29, 0.717) is 0 Å². The van der Waals surface area contributed by atoms with Crippen LogP contribution in [0.2, 0.25) is 0 Å². The maximum Gasteiger partial charge on any atom is 0.0468 e. The second-order valence-corrected chi connectivity index (χ2v) is 17.1. The molecule has 58 heavy (non-hydrogen) atoms. The molecular formula is C55H37NS2. The summed E-state index contributed by atoms with van der Waals surface area (Å²) >= 11 is 3.77. The predicted molar refractivity (Wildman–Crippen MR) is 253 cm³/mol. The van der Waals surface area contributed by atoms with Gasteiger partial charge < -0.3 is 4.90 Å². The van der Waals surface area contributed by atoms with Crippen LogP contribution >= 0.6 is 22.7 Å². The first-order valence-corrected chi connectivity index (χ1v) is 21.4. The van der Waals surface area contributed by atoms with Crippen molar-refractivity contribution in [3.05, 3.63) is 212 Å². The van der Waals surface area contributed by atoms with Crippen molar-refractivity contribution in [2.75, 3.05) is 4.90 Å². The van der Waals surface area contributed by atoms with Crippen LogP contribution in [0.1, 0.15) is 5.56 Å². The number of thiophene rings is 2. The molecule has 0 aliphatic carbocycles. The lowest BCUT2D eigenvalue weighted by Crippen LogP contribution is -2.09. The molecule has 0 unspecified atom stereocenters. The molecule has 3 heteroatoms. The molecule has 0 saturated carbocycles. The summed E-state index contributed by atoms with van der Waals surface area (Å²) in [4.78, 5) is 2.36. The van der Waals surface area contributed by atoms with Crippen molar-refractivity contribution < 1.29 is 0 Å². The molecule has 0 radical (unpaired) electrons. The number of fused-ring (bicyclic) bond motifs is 6. The topological polar surface area (TPSA) is 3.24 Å². The van der Waals surface area contributed by atoms with E-state index in [1.165, 1.54) is 90.4 Å². The zero-order valence-electron chi connectivity index (χ0n) is 31.9. The summed E-state index contributed by atoms with van der Waals surface area (Å²) in [5.74, 6) is 0. The Morgan fingerprint density at radius 1 is 0.310 bits per heavy atom. The molecular weight excluding hydrogens is 739 g/mol. The Kier molecular flexibility index (Phi) is 8.50. The molecule has 0 aliphatic heterocycles. The Bertz CT molecular complexity index is 3270. The van der Waals surface area contributed by atoms with Crippen LogP contribution < -0.4 is 4.90 Å². The van der Waals surface area contributed by atoms with Crippen molar-refractivity contribution in [3.63, 3.8) is 0 Å². The molecule has 0 bridgehead atoms. The fraction of sp³-hybridized carbons (Fsp3) is 0.0182. The molecule has 2 aromatic heterocycles. The standard InChI is InChI=1S/C55H37NS2/c1-36-11-8-9-16-46(36)39-19-21-40(22-20-39)47-17-10-18-49-48-30-25-42(34-54(48)58-55(47)49)41-26-31-52-50(33-41)51-35-45(29-32-53(51)57-52)56(43-14-6-3-7-15-43)44-27-23-38(24-28-44)37-12-4-2-5-13-37/h2-35H,1H3. The van der Waals surface area contributed by atoms with Gasteiger partial charge in [0.15, 0.2) is 0 Å². The van der Waals surface area contributed by atoms with Crippen LogP contribution in [0.4, 0.5) is 17.1 Å². The molecule has 0 N–H and O–H groups in total. The lowest BCUT2D eigenvalue weighted by molar-refractivity contribution is 1.29. The third-order valence-corrected chi connectivity index (χ3v) is 13.8. The number of rotatable bonds is 7. The molecule has 0 spiro atoms. The van der Waals surface area contributed by atoms with Crippen LogP contribution in [0.5, 0.6) is 0 Å². The fourth-order valence-electron chi connectivity index (χ4n) is 8.47. The number of anilines is 3. The van der Waals surface area contributed by atoms with Crippen molar-refractivity contribution in [3.8, 4) is 44.5 Å². The van der Waals surface area contributed by atoms with Gasteiger partial charge in [-0.15, -0.1) is 22.7 Å². The summed E-state index contributed by atoms with van der Waals surface area (Å²) in [6, 6.07) is 75.6.